The number of hydrogen-bond donors (Lipinski definition) is 1. The first-order valence-corrected chi connectivity index (χ1v) is 4.85. The number of nitrogens with zero attached hydrogens (tertiary/aromatic N) is 3. The molecule has 2 heterocycles. The average Bonchev–Trinajstić information content (AvgIpc) is 2.49. The van der Waals surface area contributed by atoms with Crippen LogP contribution in [0.2, 0.25) is 0 Å². The molecule has 0 aliphatic heterocycles. The third-order valence-electron chi connectivity index (χ3n) is 1.59. The molecular weight excluding hydrogens is 238 g/mol. The van der Waals surface area contributed by atoms with Crippen LogP contribution in [0, 0.1) is 0 Å². The summed E-state index contributed by atoms with van der Waals surface area (Å²) in [6.07, 6.45) is 0. The van der Waals surface area contributed by atoms with E-state index in [1.807, 2.05) is 22.6 Å². The summed E-state index contributed by atoms with van der Waals surface area (Å²) in [5.41, 5.74) is 0.841. The zero-order chi connectivity index (χ0) is 8.55. The molecule has 0 fully saturated rings. The Morgan fingerprint density at radius 2 is 2.25 bits per heavy atom. The van der Waals surface area contributed by atoms with Crippen molar-refractivity contribution in [3.8, 4) is 0 Å². The van der Waals surface area contributed by atoms with Crippen LogP contribution >= 0.6 is 28.6 Å². The zero-order valence-electron chi connectivity index (χ0n) is 6.11. The molecule has 0 saturated carbocycles. The van der Waals surface area contributed by atoms with E-state index >= 15 is 0 Å². The number of rotatable bonds is 1. The van der Waals surface area contributed by atoms with Gasteiger partial charge in [-0.15, -0.1) is 10.2 Å². The van der Waals surface area contributed by atoms with Crippen LogP contribution in [0.5, 0.6) is 0 Å². The van der Waals surface area contributed by atoms with Crippen molar-refractivity contribution in [2.24, 2.45) is 0 Å². The molecule has 2 aromatic rings. The van der Waals surface area contributed by atoms with Gasteiger partial charge >= 0.3 is 0 Å². The van der Waals surface area contributed by atoms with E-state index < -0.39 is 0 Å². The van der Waals surface area contributed by atoms with E-state index in [0.717, 1.165) is 16.1 Å². The molecule has 0 bridgehead atoms. The molecule has 5 heteroatoms. The van der Waals surface area contributed by atoms with Crippen LogP contribution < -0.4 is 0 Å². The Bertz CT molecular complexity index is 412. The van der Waals surface area contributed by atoms with Crippen molar-refractivity contribution in [2.45, 2.75) is 5.75 Å². The predicted octanol–water partition coefficient (Wildman–Crippen LogP) is 1.92. The molecule has 0 spiro atoms. The van der Waals surface area contributed by atoms with Gasteiger partial charge in [0.25, 0.3) is 0 Å². The van der Waals surface area contributed by atoms with Crippen molar-refractivity contribution >= 4 is 34.2 Å². The van der Waals surface area contributed by atoms with Crippen molar-refractivity contribution in [3.63, 3.8) is 0 Å². The van der Waals surface area contributed by atoms with Crippen molar-refractivity contribution < 1.29 is 0 Å². The molecule has 0 amide bonds. The fraction of sp³-hybridized carbons (Fsp3) is 0.143. The Balaban J connectivity index is 2.83. The van der Waals surface area contributed by atoms with Gasteiger partial charge in [0.1, 0.15) is 5.82 Å². The number of aromatic nitrogens is 3. The highest BCUT2D eigenvalue weighted by Gasteiger charge is 2.04. The molecule has 0 atom stereocenters. The Morgan fingerprint density at radius 1 is 1.42 bits per heavy atom. The summed E-state index contributed by atoms with van der Waals surface area (Å²) < 4.78 is 2.88. The Hall–Kier alpha value is -0.550. The van der Waals surface area contributed by atoms with Crippen molar-refractivity contribution in [1.82, 2.24) is 14.6 Å². The van der Waals surface area contributed by atoms with Gasteiger partial charge in [-0.05, 0) is 28.1 Å². The highest BCUT2D eigenvalue weighted by Crippen LogP contribution is 2.14. The van der Waals surface area contributed by atoms with E-state index in [0.29, 0.717) is 5.75 Å². The van der Waals surface area contributed by atoms with E-state index in [1.54, 1.807) is 0 Å². The molecule has 2 aromatic heterocycles. The highest BCUT2D eigenvalue weighted by molar-refractivity contribution is 9.10. The fourth-order valence-electron chi connectivity index (χ4n) is 1.06. The SMILES string of the molecule is SCc1nnc2cccc(Br)n12. The number of hydrogen-bond acceptors (Lipinski definition) is 3. The lowest BCUT2D eigenvalue weighted by molar-refractivity contribution is 0.980. The monoisotopic (exact) mass is 243 g/mol. The van der Waals surface area contributed by atoms with E-state index in [2.05, 4.69) is 38.8 Å². The highest BCUT2D eigenvalue weighted by atomic mass is 79.9. The van der Waals surface area contributed by atoms with E-state index in [-0.39, 0.29) is 0 Å². The van der Waals surface area contributed by atoms with Crippen molar-refractivity contribution in [2.75, 3.05) is 0 Å². The number of thiol groups is 1. The summed E-state index contributed by atoms with van der Waals surface area (Å²) in [6.45, 7) is 0. The van der Waals surface area contributed by atoms with E-state index in [4.69, 9.17) is 0 Å². The summed E-state index contributed by atoms with van der Waals surface area (Å²) in [7, 11) is 0. The number of pyridine rings is 1. The van der Waals surface area contributed by atoms with Crippen LogP contribution in [-0.2, 0) is 5.75 Å². The molecule has 2 rings (SSSR count). The lowest BCUT2D eigenvalue weighted by atomic mass is 10.5. The molecule has 0 radical (unpaired) electrons. The summed E-state index contributed by atoms with van der Waals surface area (Å²) in [5.74, 6) is 1.44. The van der Waals surface area contributed by atoms with Crippen LogP contribution in [0.3, 0.4) is 0 Å². The van der Waals surface area contributed by atoms with Crippen LogP contribution in [0.15, 0.2) is 22.8 Å². The molecule has 0 aliphatic carbocycles. The summed E-state index contributed by atoms with van der Waals surface area (Å²) in [4.78, 5) is 0. The van der Waals surface area contributed by atoms with Gasteiger partial charge in [-0.25, -0.2) is 0 Å². The van der Waals surface area contributed by atoms with Gasteiger partial charge in [-0.1, -0.05) is 6.07 Å². The Morgan fingerprint density at radius 3 is 3.00 bits per heavy atom. The second kappa shape index (κ2) is 3.06. The summed E-state index contributed by atoms with van der Waals surface area (Å²) in [5, 5.41) is 7.97. The third kappa shape index (κ3) is 1.13. The maximum absolute atomic E-state index is 4.16. The lowest BCUT2D eigenvalue weighted by Crippen LogP contribution is -1.92. The molecule has 3 nitrogen and oxygen atoms in total. The second-order valence-corrected chi connectivity index (χ2v) is 3.45. The van der Waals surface area contributed by atoms with Crippen LogP contribution in [0.1, 0.15) is 5.82 Å². The van der Waals surface area contributed by atoms with Crippen LogP contribution in [0.4, 0.5) is 0 Å². The fourth-order valence-corrected chi connectivity index (χ4v) is 1.81. The number of halogens is 1. The third-order valence-corrected chi connectivity index (χ3v) is 2.49. The summed E-state index contributed by atoms with van der Waals surface area (Å²) >= 11 is 7.57. The average molecular weight is 244 g/mol. The van der Waals surface area contributed by atoms with Crippen molar-refractivity contribution in [1.29, 1.82) is 0 Å². The quantitative estimate of drug-likeness (QED) is 0.613. The van der Waals surface area contributed by atoms with Gasteiger partial charge in [0.05, 0.1) is 10.4 Å². The second-order valence-electron chi connectivity index (χ2n) is 2.32. The molecule has 0 aromatic carbocycles. The van der Waals surface area contributed by atoms with Gasteiger partial charge in [-0.2, -0.15) is 12.6 Å². The van der Waals surface area contributed by atoms with Gasteiger partial charge in [0.15, 0.2) is 5.65 Å². The maximum atomic E-state index is 4.16. The molecular formula is C7H6BrN3S. The minimum atomic E-state index is 0.587. The first-order valence-electron chi connectivity index (χ1n) is 3.42. The minimum Gasteiger partial charge on any atom is -0.272 e. The summed E-state index contributed by atoms with van der Waals surface area (Å²) in [6, 6.07) is 5.78. The molecule has 0 saturated heterocycles. The lowest BCUT2D eigenvalue weighted by Gasteiger charge is -1.97. The Kier molecular flexibility index (Phi) is 2.06. The molecule has 0 unspecified atom stereocenters. The molecule has 0 aliphatic rings. The minimum absolute atomic E-state index is 0.587. The zero-order valence-corrected chi connectivity index (χ0v) is 8.59. The standard InChI is InChI=1S/C7H6BrN3S/c8-5-2-1-3-6-9-10-7(4-12)11(5)6/h1-3,12H,4H2. The smallest absolute Gasteiger partial charge is 0.161 e. The van der Waals surface area contributed by atoms with Gasteiger partial charge in [0, 0.05) is 0 Å². The predicted molar refractivity (Wildman–Crippen MR) is 53.4 cm³/mol. The Labute approximate surface area is 83.3 Å². The molecule has 62 valence electrons. The molecule has 12 heavy (non-hydrogen) atoms. The van der Waals surface area contributed by atoms with Crippen molar-refractivity contribution in [3.05, 3.63) is 28.6 Å². The number of fused-ring (bicyclic) bond motifs is 1. The van der Waals surface area contributed by atoms with E-state index in [9.17, 15) is 0 Å². The van der Waals surface area contributed by atoms with E-state index in [1.165, 1.54) is 0 Å². The first-order chi connectivity index (χ1) is 5.83. The van der Waals surface area contributed by atoms with Crippen LogP contribution in [0.25, 0.3) is 5.65 Å². The molecule has 0 N–H and O–H groups in total. The largest absolute Gasteiger partial charge is 0.272 e. The maximum Gasteiger partial charge on any atom is 0.161 e. The van der Waals surface area contributed by atoms with Gasteiger partial charge in [-0.3, -0.25) is 4.40 Å². The first kappa shape index (κ1) is 8.07. The normalized spacial score (nSPS) is 10.8. The van der Waals surface area contributed by atoms with Gasteiger partial charge < -0.3 is 0 Å². The van der Waals surface area contributed by atoms with Crippen LogP contribution in [-0.4, -0.2) is 14.6 Å². The van der Waals surface area contributed by atoms with Gasteiger partial charge in [0.2, 0.25) is 0 Å². The topological polar surface area (TPSA) is 30.2 Å².